The minimum atomic E-state index is -1.23. The monoisotopic (exact) mass is 693 g/mol. The summed E-state index contributed by atoms with van der Waals surface area (Å²) in [5, 5.41) is 26.8. The number of carbonyl (C=O) groups excluding carboxylic acids is 4. The lowest BCUT2D eigenvalue weighted by Crippen LogP contribution is -2.46. The van der Waals surface area contributed by atoms with E-state index in [2.05, 4.69) is 16.0 Å². The molecule has 0 saturated heterocycles. The van der Waals surface area contributed by atoms with Crippen molar-refractivity contribution in [3.8, 4) is 0 Å². The van der Waals surface area contributed by atoms with Crippen LogP contribution in [-0.2, 0) is 28.8 Å². The first-order valence-corrected chi connectivity index (χ1v) is 19.4. The summed E-state index contributed by atoms with van der Waals surface area (Å²) < 4.78 is 0. The maximum Gasteiger partial charge on any atom is 0.326 e. The van der Waals surface area contributed by atoms with E-state index in [9.17, 15) is 39.0 Å². The molecule has 1 aliphatic rings. The van der Waals surface area contributed by atoms with Gasteiger partial charge in [-0.25, -0.2) is 9.59 Å². The van der Waals surface area contributed by atoms with Crippen LogP contribution in [0.15, 0.2) is 0 Å². The molecule has 1 rings (SSSR count). The van der Waals surface area contributed by atoms with E-state index < -0.39 is 29.9 Å². The van der Waals surface area contributed by atoms with Crippen LogP contribution in [0.2, 0.25) is 0 Å². The molecule has 1 saturated carbocycles. The average molecular weight is 694 g/mol. The molecule has 2 atom stereocenters. The fraction of sp³-hybridized carbons (Fsp3) is 0.842. The molecule has 0 aliphatic heterocycles. The number of aliphatic carboxylic acids is 2. The molecule has 1 unspecified atom stereocenters. The van der Waals surface area contributed by atoms with Crippen molar-refractivity contribution in [3.05, 3.63) is 0 Å². The van der Waals surface area contributed by atoms with E-state index >= 15 is 0 Å². The molecule has 0 heterocycles. The highest BCUT2D eigenvalue weighted by Gasteiger charge is 2.30. The fourth-order valence-corrected chi connectivity index (χ4v) is 6.60. The van der Waals surface area contributed by atoms with Crippen LogP contribution in [0.4, 0.5) is 0 Å². The Morgan fingerprint density at radius 2 is 1.08 bits per heavy atom. The van der Waals surface area contributed by atoms with Gasteiger partial charge in [0.05, 0.1) is 0 Å². The zero-order chi connectivity index (χ0) is 36.1. The molecule has 0 aromatic rings. The van der Waals surface area contributed by atoms with Gasteiger partial charge in [-0.3, -0.25) is 14.4 Å². The minimum absolute atomic E-state index is 0.0791. The summed E-state index contributed by atoms with van der Waals surface area (Å²) in [5.74, 6) is -3.20. The Balaban J connectivity index is 2.06. The predicted molar refractivity (Wildman–Crippen MR) is 191 cm³/mol. The number of unbranched alkanes of at least 4 members (excludes halogenated alkanes) is 16. The summed E-state index contributed by atoms with van der Waals surface area (Å²) in [5.41, 5.74) is 0. The molecule has 0 radical (unpaired) electrons. The van der Waals surface area contributed by atoms with E-state index in [0.29, 0.717) is 44.6 Å². The second-order valence-electron chi connectivity index (χ2n) is 14.1. The number of hydrogen-bond donors (Lipinski definition) is 5. The third kappa shape index (κ3) is 23.1. The molecular formula is C38H67N3O8. The average Bonchev–Trinajstić information content (AvgIpc) is 3.08. The van der Waals surface area contributed by atoms with Crippen LogP contribution in [0, 0.1) is 11.8 Å². The number of carbonyl (C=O) groups is 6. The van der Waals surface area contributed by atoms with E-state index in [4.69, 9.17) is 0 Å². The number of hydrogen-bond acceptors (Lipinski definition) is 6. The molecule has 282 valence electrons. The predicted octanol–water partition coefficient (Wildman–Crippen LogP) is 6.85. The van der Waals surface area contributed by atoms with Gasteiger partial charge in [0.15, 0.2) is 0 Å². The summed E-state index contributed by atoms with van der Waals surface area (Å²) in [4.78, 5) is 70.6. The zero-order valence-corrected chi connectivity index (χ0v) is 30.3. The van der Waals surface area contributed by atoms with Crippen molar-refractivity contribution in [1.82, 2.24) is 16.0 Å². The lowest BCUT2D eigenvalue weighted by Gasteiger charge is -2.28. The lowest BCUT2D eigenvalue weighted by molar-refractivity contribution is -0.144. The summed E-state index contributed by atoms with van der Waals surface area (Å²) in [6, 6.07) is -2.24. The quantitative estimate of drug-likeness (QED) is 0.0386. The van der Waals surface area contributed by atoms with Crippen molar-refractivity contribution < 1.29 is 39.0 Å². The number of rotatable bonds is 31. The van der Waals surface area contributed by atoms with Crippen molar-refractivity contribution in [2.45, 2.75) is 186 Å². The maximum absolute atomic E-state index is 12.8. The Bertz CT molecular complexity index is 951. The third-order valence-corrected chi connectivity index (χ3v) is 9.77. The molecule has 1 fully saturated rings. The minimum Gasteiger partial charge on any atom is -0.480 e. The molecule has 5 N–H and O–H groups in total. The zero-order valence-electron chi connectivity index (χ0n) is 30.3. The highest BCUT2D eigenvalue weighted by atomic mass is 16.4. The van der Waals surface area contributed by atoms with Crippen LogP contribution in [0.25, 0.3) is 0 Å². The molecule has 1 aliphatic carbocycles. The van der Waals surface area contributed by atoms with Gasteiger partial charge in [0.1, 0.15) is 18.4 Å². The van der Waals surface area contributed by atoms with Gasteiger partial charge >= 0.3 is 11.9 Å². The molecule has 0 spiro atoms. The summed E-state index contributed by atoms with van der Waals surface area (Å²) in [6.07, 6.45) is 25.3. The number of amides is 3. The van der Waals surface area contributed by atoms with Gasteiger partial charge in [0.25, 0.3) is 0 Å². The van der Waals surface area contributed by atoms with Crippen LogP contribution < -0.4 is 16.0 Å². The van der Waals surface area contributed by atoms with Crippen molar-refractivity contribution in [3.63, 3.8) is 0 Å². The first kappa shape index (κ1) is 44.0. The van der Waals surface area contributed by atoms with Gasteiger partial charge < -0.3 is 31.0 Å². The second-order valence-corrected chi connectivity index (χ2v) is 14.1. The topological polar surface area (TPSA) is 179 Å². The fourth-order valence-electron chi connectivity index (χ4n) is 6.60. The van der Waals surface area contributed by atoms with Crippen LogP contribution in [0.5, 0.6) is 0 Å². The van der Waals surface area contributed by atoms with Gasteiger partial charge in [-0.1, -0.05) is 103 Å². The molecule has 3 amide bonds. The molecule has 0 aromatic carbocycles. The van der Waals surface area contributed by atoms with E-state index in [1.165, 1.54) is 83.5 Å². The van der Waals surface area contributed by atoms with Crippen LogP contribution >= 0.6 is 0 Å². The Morgan fingerprint density at radius 3 is 1.55 bits per heavy atom. The second kappa shape index (κ2) is 28.8. The number of nitrogens with one attached hydrogen (secondary N) is 3. The highest BCUT2D eigenvalue weighted by molar-refractivity contribution is 5.86. The van der Waals surface area contributed by atoms with E-state index in [0.717, 1.165) is 38.4 Å². The Morgan fingerprint density at radius 1 is 0.612 bits per heavy atom. The Labute approximate surface area is 294 Å². The van der Waals surface area contributed by atoms with E-state index in [1.54, 1.807) is 6.92 Å². The summed E-state index contributed by atoms with van der Waals surface area (Å²) >= 11 is 0. The van der Waals surface area contributed by atoms with Gasteiger partial charge in [-0.15, -0.1) is 0 Å². The third-order valence-electron chi connectivity index (χ3n) is 9.77. The van der Waals surface area contributed by atoms with Gasteiger partial charge in [-0.2, -0.15) is 0 Å². The number of carboxylic acid groups (broad SMARTS) is 2. The van der Waals surface area contributed by atoms with Crippen LogP contribution in [0.1, 0.15) is 174 Å². The molecule has 0 aromatic heterocycles. The first-order valence-electron chi connectivity index (χ1n) is 19.4. The largest absolute Gasteiger partial charge is 0.480 e. The first-order chi connectivity index (χ1) is 23.7. The molecule has 11 nitrogen and oxygen atoms in total. The van der Waals surface area contributed by atoms with Crippen molar-refractivity contribution in [2.75, 3.05) is 6.54 Å². The van der Waals surface area contributed by atoms with Crippen LogP contribution in [-0.4, -0.2) is 64.8 Å². The van der Waals surface area contributed by atoms with Crippen LogP contribution in [0.3, 0.4) is 0 Å². The van der Waals surface area contributed by atoms with Gasteiger partial charge in [0, 0.05) is 31.7 Å². The molecular weight excluding hydrogens is 626 g/mol. The Hall–Kier alpha value is -2.98. The van der Waals surface area contributed by atoms with Gasteiger partial charge in [-0.05, 0) is 57.3 Å². The van der Waals surface area contributed by atoms with E-state index in [1.807, 2.05) is 0 Å². The number of aldehydes is 1. The standard InChI is InChI=1S/C38H67N3O8/c1-2-20-32(37(46)47)40-35(44)27-26-33(38(48)49)41-36(45)31-24-22-30(23-25-31)29-39-34(43)21-18-16-14-12-10-8-6-4-3-5-7-9-11-13-15-17-19-28-42/h28,30-33H,2-27,29H2,1H3,(H,39,43)(H,40,44)(H,41,45)(H,46,47)(H,48,49)/t30?,31?,32-,33?/m0/s1. The molecule has 0 bridgehead atoms. The van der Waals surface area contributed by atoms with E-state index in [-0.39, 0.29) is 37.0 Å². The van der Waals surface area contributed by atoms with Crippen molar-refractivity contribution >= 4 is 35.9 Å². The molecule has 11 heteroatoms. The summed E-state index contributed by atoms with van der Waals surface area (Å²) in [7, 11) is 0. The summed E-state index contributed by atoms with van der Waals surface area (Å²) in [6.45, 7) is 2.40. The Kier molecular flexibility index (Phi) is 25.9. The van der Waals surface area contributed by atoms with Gasteiger partial charge in [0.2, 0.25) is 17.7 Å². The maximum atomic E-state index is 12.8. The SMILES string of the molecule is CCC[C@H](NC(=O)CCC(NC(=O)C1CCC(CNC(=O)CCCCCCCCCCCCCCCCCCC=O)CC1)C(=O)O)C(=O)O. The highest BCUT2D eigenvalue weighted by Crippen LogP contribution is 2.29. The number of carboxylic acids is 2. The normalized spacial score (nSPS) is 17.1. The van der Waals surface area contributed by atoms with Crippen molar-refractivity contribution in [1.29, 1.82) is 0 Å². The lowest BCUT2D eigenvalue weighted by atomic mass is 9.81. The molecule has 49 heavy (non-hydrogen) atoms. The van der Waals surface area contributed by atoms with Crippen molar-refractivity contribution in [2.24, 2.45) is 11.8 Å². The smallest absolute Gasteiger partial charge is 0.326 e.